The van der Waals surface area contributed by atoms with Crippen LogP contribution in [0, 0.1) is 5.41 Å². The predicted molar refractivity (Wildman–Crippen MR) is 118 cm³/mol. The molecule has 0 heterocycles. The number of rotatable bonds is 9. The molecule has 1 aliphatic rings. The second-order valence-corrected chi connectivity index (χ2v) is 7.05. The largest absolute Gasteiger partial charge is 0.396 e. The third kappa shape index (κ3) is 7.04. The maximum atomic E-state index is 9.69. The van der Waals surface area contributed by atoms with E-state index in [2.05, 4.69) is 27.8 Å². The predicted octanol–water partition coefficient (Wildman–Crippen LogP) is 3.14. The number of hydrogen-bond acceptors (Lipinski definition) is 3. The highest BCUT2D eigenvalue weighted by Gasteiger charge is 2.33. The van der Waals surface area contributed by atoms with E-state index < -0.39 is 0 Å². The number of benzene rings is 1. The van der Waals surface area contributed by atoms with Gasteiger partial charge in [-0.2, -0.15) is 0 Å². The summed E-state index contributed by atoms with van der Waals surface area (Å²) >= 11 is 0. The van der Waals surface area contributed by atoms with Gasteiger partial charge in [0.2, 0.25) is 0 Å². The molecule has 0 radical (unpaired) electrons. The van der Waals surface area contributed by atoms with Crippen LogP contribution in [0.1, 0.15) is 43.6 Å². The maximum absolute atomic E-state index is 9.69. The number of aliphatic imine (C=N–C) groups is 1. The van der Waals surface area contributed by atoms with E-state index in [9.17, 15) is 5.11 Å². The Labute approximate surface area is 175 Å². The highest BCUT2D eigenvalue weighted by Crippen LogP contribution is 2.40. The molecular weight excluding hydrogens is 441 g/mol. The van der Waals surface area contributed by atoms with Gasteiger partial charge in [-0.15, -0.1) is 24.0 Å². The monoisotopic (exact) mass is 475 g/mol. The summed E-state index contributed by atoms with van der Waals surface area (Å²) in [5, 5.41) is 16.5. The molecule has 5 nitrogen and oxygen atoms in total. The van der Waals surface area contributed by atoms with Gasteiger partial charge in [0.05, 0.1) is 6.61 Å². The zero-order valence-electron chi connectivity index (χ0n) is 16.0. The Morgan fingerprint density at radius 2 is 1.92 bits per heavy atom. The summed E-state index contributed by atoms with van der Waals surface area (Å²) in [6.07, 6.45) is 6.21. The fourth-order valence-corrected chi connectivity index (χ4v) is 3.68. The molecule has 1 aliphatic carbocycles. The molecular formula is C20H34IN3O2. The van der Waals surface area contributed by atoms with Crippen LogP contribution in [0.2, 0.25) is 0 Å². The minimum Gasteiger partial charge on any atom is -0.396 e. The lowest BCUT2D eigenvalue weighted by atomic mass is 9.83. The molecule has 0 spiro atoms. The van der Waals surface area contributed by atoms with E-state index in [4.69, 9.17) is 4.74 Å². The first-order valence-electron chi connectivity index (χ1n) is 9.32. The molecule has 1 aromatic rings. The Balaban J connectivity index is 0.00000338. The van der Waals surface area contributed by atoms with Crippen molar-refractivity contribution in [3.05, 3.63) is 35.9 Å². The fourth-order valence-electron chi connectivity index (χ4n) is 3.68. The second kappa shape index (κ2) is 12.5. The number of aliphatic hydroxyl groups excluding tert-OH is 1. The number of hydrogen-bond donors (Lipinski definition) is 3. The number of ether oxygens (including phenoxy) is 1. The van der Waals surface area contributed by atoms with Gasteiger partial charge in [-0.3, -0.25) is 4.99 Å². The Morgan fingerprint density at radius 1 is 1.23 bits per heavy atom. The molecule has 0 aromatic heterocycles. The summed E-state index contributed by atoms with van der Waals surface area (Å²) in [6, 6.07) is 10.1. The van der Waals surface area contributed by atoms with Gasteiger partial charge < -0.3 is 20.5 Å². The summed E-state index contributed by atoms with van der Waals surface area (Å²) in [7, 11) is 3.57. The van der Waals surface area contributed by atoms with Gasteiger partial charge in [-0.25, -0.2) is 0 Å². The lowest BCUT2D eigenvalue weighted by Crippen LogP contribution is -2.44. The lowest BCUT2D eigenvalue weighted by Gasteiger charge is -2.30. The molecule has 6 heteroatoms. The standard InChI is InChI=1S/C20H33N3O2.HI/c1-21-19(22-14-18(15-24)17-8-4-3-5-9-17)23-16-20(12-13-25-2)10-6-7-11-20;/h3-5,8-9,18,24H,6-7,10-16H2,1-2H3,(H2,21,22,23);1H. The van der Waals surface area contributed by atoms with Gasteiger partial charge in [0, 0.05) is 39.8 Å². The Hall–Kier alpha value is -0.860. The number of aliphatic hydroxyl groups is 1. The summed E-state index contributed by atoms with van der Waals surface area (Å²) in [5.74, 6) is 0.867. The Morgan fingerprint density at radius 3 is 2.50 bits per heavy atom. The van der Waals surface area contributed by atoms with Crippen molar-refractivity contribution in [1.82, 2.24) is 10.6 Å². The summed E-state index contributed by atoms with van der Waals surface area (Å²) < 4.78 is 5.30. The van der Waals surface area contributed by atoms with Crippen molar-refractivity contribution >= 4 is 29.9 Å². The molecule has 148 valence electrons. The van der Waals surface area contributed by atoms with Crippen LogP contribution in [0.3, 0.4) is 0 Å². The molecule has 0 bridgehead atoms. The van der Waals surface area contributed by atoms with Crippen molar-refractivity contribution in [3.63, 3.8) is 0 Å². The van der Waals surface area contributed by atoms with E-state index in [-0.39, 0.29) is 36.5 Å². The molecule has 26 heavy (non-hydrogen) atoms. The average molecular weight is 475 g/mol. The molecule has 0 aliphatic heterocycles. The smallest absolute Gasteiger partial charge is 0.191 e. The van der Waals surface area contributed by atoms with Crippen LogP contribution >= 0.6 is 24.0 Å². The minimum absolute atomic E-state index is 0. The van der Waals surface area contributed by atoms with E-state index in [1.807, 2.05) is 18.2 Å². The van der Waals surface area contributed by atoms with Crippen LogP contribution < -0.4 is 10.6 Å². The van der Waals surface area contributed by atoms with Gasteiger partial charge in [0.15, 0.2) is 5.96 Å². The SMILES string of the molecule is CN=C(NCC(CO)c1ccccc1)NCC1(CCOC)CCCC1.I. The molecule has 1 atom stereocenters. The van der Waals surface area contributed by atoms with Crippen molar-refractivity contribution < 1.29 is 9.84 Å². The molecule has 0 saturated heterocycles. The van der Waals surface area contributed by atoms with Crippen molar-refractivity contribution in [2.45, 2.75) is 38.0 Å². The van der Waals surface area contributed by atoms with Gasteiger partial charge in [0.25, 0.3) is 0 Å². The highest BCUT2D eigenvalue weighted by molar-refractivity contribution is 14.0. The molecule has 1 aromatic carbocycles. The highest BCUT2D eigenvalue weighted by atomic mass is 127. The average Bonchev–Trinajstić information content (AvgIpc) is 3.13. The van der Waals surface area contributed by atoms with Crippen molar-refractivity contribution in [2.24, 2.45) is 10.4 Å². The molecule has 1 fully saturated rings. The zero-order valence-corrected chi connectivity index (χ0v) is 18.4. The minimum atomic E-state index is 0. The van der Waals surface area contributed by atoms with Crippen LogP contribution in [0.25, 0.3) is 0 Å². The van der Waals surface area contributed by atoms with Crippen molar-refractivity contribution in [2.75, 3.05) is 40.5 Å². The topological polar surface area (TPSA) is 65.9 Å². The first-order valence-corrected chi connectivity index (χ1v) is 9.32. The lowest BCUT2D eigenvalue weighted by molar-refractivity contribution is 0.138. The maximum Gasteiger partial charge on any atom is 0.191 e. The van der Waals surface area contributed by atoms with Gasteiger partial charge >= 0.3 is 0 Å². The second-order valence-electron chi connectivity index (χ2n) is 7.05. The Bertz CT molecular complexity index is 519. The van der Waals surface area contributed by atoms with Gasteiger partial charge in [-0.1, -0.05) is 43.2 Å². The van der Waals surface area contributed by atoms with Crippen LogP contribution in [0.4, 0.5) is 0 Å². The van der Waals surface area contributed by atoms with Crippen LogP contribution in [-0.4, -0.2) is 51.5 Å². The van der Waals surface area contributed by atoms with E-state index >= 15 is 0 Å². The number of guanidine groups is 1. The third-order valence-electron chi connectivity index (χ3n) is 5.36. The zero-order chi connectivity index (χ0) is 18.0. The Kier molecular flexibility index (Phi) is 11.2. The van der Waals surface area contributed by atoms with Gasteiger partial charge in [0.1, 0.15) is 0 Å². The number of methoxy groups -OCH3 is 1. The first kappa shape index (κ1) is 23.2. The molecule has 1 saturated carbocycles. The molecule has 1 unspecified atom stereocenters. The van der Waals surface area contributed by atoms with E-state index in [0.29, 0.717) is 12.0 Å². The molecule has 0 amide bonds. The quantitative estimate of drug-likeness (QED) is 0.292. The van der Waals surface area contributed by atoms with Crippen LogP contribution in [-0.2, 0) is 4.74 Å². The van der Waals surface area contributed by atoms with E-state index in [1.54, 1.807) is 14.2 Å². The van der Waals surface area contributed by atoms with Crippen molar-refractivity contribution in [3.8, 4) is 0 Å². The summed E-state index contributed by atoms with van der Waals surface area (Å²) in [6.45, 7) is 2.51. The number of nitrogens with zero attached hydrogens (tertiary/aromatic N) is 1. The van der Waals surface area contributed by atoms with Gasteiger partial charge in [-0.05, 0) is 30.2 Å². The fraction of sp³-hybridized carbons (Fsp3) is 0.650. The molecule has 2 rings (SSSR count). The van der Waals surface area contributed by atoms with Crippen LogP contribution in [0.5, 0.6) is 0 Å². The normalized spacial score (nSPS) is 17.4. The van der Waals surface area contributed by atoms with E-state index in [0.717, 1.165) is 31.1 Å². The third-order valence-corrected chi connectivity index (χ3v) is 5.36. The number of halogens is 1. The van der Waals surface area contributed by atoms with Crippen molar-refractivity contribution in [1.29, 1.82) is 0 Å². The molecule has 3 N–H and O–H groups in total. The summed E-state index contributed by atoms with van der Waals surface area (Å²) in [5.41, 5.74) is 1.46. The van der Waals surface area contributed by atoms with Crippen LogP contribution in [0.15, 0.2) is 35.3 Å². The summed E-state index contributed by atoms with van der Waals surface area (Å²) in [4.78, 5) is 4.34. The first-order chi connectivity index (χ1) is 12.2. The van der Waals surface area contributed by atoms with E-state index in [1.165, 1.54) is 25.7 Å². The number of nitrogens with one attached hydrogen (secondary N) is 2.